The maximum Gasteiger partial charge on any atom is 0.193 e. The zero-order valence-corrected chi connectivity index (χ0v) is 26.1. The van der Waals surface area contributed by atoms with E-state index in [0.717, 1.165) is 22.2 Å². The normalized spacial score (nSPS) is 12.0. The Morgan fingerprint density at radius 2 is 1.44 bits per heavy atom. The second kappa shape index (κ2) is 10.4. The van der Waals surface area contributed by atoms with E-state index in [0.29, 0.717) is 22.6 Å². The van der Waals surface area contributed by atoms with Crippen molar-refractivity contribution in [2.45, 2.75) is 26.2 Å². The van der Waals surface area contributed by atoms with Crippen LogP contribution in [0.3, 0.4) is 0 Å². The van der Waals surface area contributed by atoms with Gasteiger partial charge in [0.15, 0.2) is 5.78 Å². The quantitative estimate of drug-likeness (QED) is 0.184. The molecule has 0 aliphatic heterocycles. The molecule has 0 fully saturated rings. The van der Waals surface area contributed by atoms with E-state index in [4.69, 9.17) is 9.72 Å². The van der Waals surface area contributed by atoms with Crippen molar-refractivity contribution in [1.82, 2.24) is 9.55 Å². The van der Waals surface area contributed by atoms with Gasteiger partial charge < -0.3 is 4.74 Å². The second-order valence-corrected chi connectivity index (χ2v) is 13.5. The van der Waals surface area contributed by atoms with Crippen molar-refractivity contribution in [2.75, 3.05) is 0 Å². The van der Waals surface area contributed by atoms with Crippen LogP contribution in [0.5, 0.6) is 11.5 Å². The summed E-state index contributed by atoms with van der Waals surface area (Å²) in [6, 6.07) is 40.3. The molecular weight excluding hydrogens is 573 g/mol. The molecule has 0 aliphatic rings. The fourth-order valence-corrected chi connectivity index (χ4v) is 7.43. The Bertz CT molecular complexity index is 2410. The lowest BCUT2D eigenvalue weighted by Crippen LogP contribution is -2.12. The molecule has 0 radical (unpaired) electrons. The number of pyridine rings is 1. The number of hydrogen-bond donors (Lipinski definition) is 0. The van der Waals surface area contributed by atoms with Gasteiger partial charge in [-0.3, -0.25) is 9.36 Å². The number of benzene rings is 5. The molecule has 5 aromatic carbocycles. The van der Waals surface area contributed by atoms with Crippen molar-refractivity contribution >= 4 is 59.1 Å². The lowest BCUT2D eigenvalue weighted by atomic mass is 9.88. The Kier molecular flexibility index (Phi) is 6.33. The minimum absolute atomic E-state index is 0.0222. The third-order valence-corrected chi connectivity index (χ3v) is 9.66. The Balaban J connectivity index is 1.31. The summed E-state index contributed by atoms with van der Waals surface area (Å²) in [5.74, 6) is 2.14. The number of nitrogens with zero attached hydrogens (tertiary/aromatic N) is 2. The van der Waals surface area contributed by atoms with E-state index in [9.17, 15) is 4.79 Å². The average Bonchev–Trinajstić information content (AvgIpc) is 3.60. The molecule has 0 bridgehead atoms. The van der Waals surface area contributed by atoms with Crippen molar-refractivity contribution in [3.05, 3.63) is 144 Å². The first-order valence-electron chi connectivity index (χ1n) is 15.1. The summed E-state index contributed by atoms with van der Waals surface area (Å²) in [7, 11) is 0. The van der Waals surface area contributed by atoms with E-state index in [1.165, 1.54) is 31.1 Å². The van der Waals surface area contributed by atoms with E-state index >= 15 is 0 Å². The van der Waals surface area contributed by atoms with Crippen LogP contribution in [0.1, 0.15) is 42.3 Å². The Morgan fingerprint density at radius 1 is 0.689 bits per heavy atom. The molecule has 0 amide bonds. The van der Waals surface area contributed by atoms with E-state index in [1.54, 1.807) is 0 Å². The predicted octanol–water partition coefficient (Wildman–Crippen LogP) is 10.9. The van der Waals surface area contributed by atoms with Gasteiger partial charge in [0.1, 0.15) is 17.3 Å². The number of ether oxygens (including phenoxy) is 1. The summed E-state index contributed by atoms with van der Waals surface area (Å²) in [6.45, 7) is 6.67. The molecule has 4 nitrogen and oxygen atoms in total. The van der Waals surface area contributed by atoms with Gasteiger partial charge in [0.05, 0.1) is 11.0 Å². The van der Waals surface area contributed by atoms with Gasteiger partial charge in [-0.05, 0) is 59.5 Å². The molecular formula is C40H30N2O2S. The van der Waals surface area contributed by atoms with Gasteiger partial charge >= 0.3 is 0 Å². The Hall–Kier alpha value is -5.26. The topological polar surface area (TPSA) is 44.1 Å². The van der Waals surface area contributed by atoms with Crippen LogP contribution >= 0.6 is 11.3 Å². The molecule has 5 heteroatoms. The molecule has 3 aromatic heterocycles. The fraction of sp³-hybridized carbons (Fsp3) is 0.100. The van der Waals surface area contributed by atoms with Gasteiger partial charge in [-0.1, -0.05) is 87.5 Å². The zero-order chi connectivity index (χ0) is 30.7. The SMILES string of the molecule is CC(C)(C)c1ccnc(-n2c3cc(Oc4cccc(C(=O)c5ccccc5)c4)ccc3c3c4sc5ccccc5c4ccc32)c1. The zero-order valence-electron chi connectivity index (χ0n) is 25.2. The van der Waals surface area contributed by atoms with Crippen molar-refractivity contribution in [2.24, 2.45) is 0 Å². The summed E-state index contributed by atoms with van der Waals surface area (Å²) >= 11 is 1.83. The van der Waals surface area contributed by atoms with Crippen LogP contribution in [0.2, 0.25) is 0 Å². The lowest BCUT2D eigenvalue weighted by molar-refractivity contribution is 0.103. The van der Waals surface area contributed by atoms with Gasteiger partial charge in [0.2, 0.25) is 0 Å². The van der Waals surface area contributed by atoms with Gasteiger partial charge in [-0.25, -0.2) is 4.98 Å². The first-order valence-corrected chi connectivity index (χ1v) is 15.9. The van der Waals surface area contributed by atoms with E-state index in [-0.39, 0.29) is 11.2 Å². The van der Waals surface area contributed by atoms with E-state index < -0.39 is 0 Å². The largest absolute Gasteiger partial charge is 0.457 e. The molecule has 0 unspecified atom stereocenters. The van der Waals surface area contributed by atoms with E-state index in [2.05, 4.69) is 86.0 Å². The van der Waals surface area contributed by atoms with Crippen molar-refractivity contribution < 1.29 is 9.53 Å². The molecule has 0 spiro atoms. The van der Waals surface area contributed by atoms with Crippen LogP contribution in [-0.4, -0.2) is 15.3 Å². The van der Waals surface area contributed by atoms with Crippen LogP contribution < -0.4 is 4.74 Å². The van der Waals surface area contributed by atoms with Crippen LogP contribution in [-0.2, 0) is 5.41 Å². The highest BCUT2D eigenvalue weighted by Crippen LogP contribution is 2.44. The second-order valence-electron chi connectivity index (χ2n) is 12.4. The Morgan fingerprint density at radius 3 is 2.29 bits per heavy atom. The maximum atomic E-state index is 13.1. The lowest BCUT2D eigenvalue weighted by Gasteiger charge is -2.20. The van der Waals surface area contributed by atoms with Crippen LogP contribution in [0, 0.1) is 0 Å². The molecule has 8 rings (SSSR count). The van der Waals surface area contributed by atoms with Gasteiger partial charge in [-0.15, -0.1) is 11.3 Å². The third kappa shape index (κ3) is 4.68. The molecule has 0 N–H and O–H groups in total. The summed E-state index contributed by atoms with van der Waals surface area (Å²) in [4.78, 5) is 18.0. The summed E-state index contributed by atoms with van der Waals surface area (Å²) in [6.07, 6.45) is 1.90. The number of aromatic nitrogens is 2. The molecule has 0 saturated heterocycles. The molecule has 8 aromatic rings. The van der Waals surface area contributed by atoms with Gasteiger partial charge in [-0.2, -0.15) is 0 Å². The number of thiophene rings is 1. The minimum atomic E-state index is -0.0335. The number of carbonyl (C=O) groups is 1. The minimum Gasteiger partial charge on any atom is -0.457 e. The highest BCUT2D eigenvalue weighted by molar-refractivity contribution is 7.26. The Labute approximate surface area is 265 Å². The smallest absolute Gasteiger partial charge is 0.193 e. The fourth-order valence-electron chi connectivity index (χ4n) is 6.17. The van der Waals surface area contributed by atoms with Crippen molar-refractivity contribution in [3.63, 3.8) is 0 Å². The standard InChI is InChI=1S/C40H30N2O2S/c1-40(2,3)27-20-21-41-36(23-27)42-33-19-18-31-30-14-7-8-15-35(30)45-39(31)37(33)32-17-16-29(24-34(32)42)44-28-13-9-12-26(22-28)38(43)25-10-5-4-6-11-25/h4-24H,1-3H3. The summed E-state index contributed by atoms with van der Waals surface area (Å²) in [5.41, 5.74) is 4.56. The van der Waals surface area contributed by atoms with Gasteiger partial charge in [0.25, 0.3) is 0 Å². The first kappa shape index (κ1) is 27.3. The van der Waals surface area contributed by atoms with Gasteiger partial charge in [0, 0.05) is 54.3 Å². The molecule has 0 atom stereocenters. The number of rotatable bonds is 5. The number of hydrogen-bond acceptors (Lipinski definition) is 4. The molecule has 3 heterocycles. The van der Waals surface area contributed by atoms with Crippen molar-refractivity contribution in [1.29, 1.82) is 0 Å². The summed E-state index contributed by atoms with van der Waals surface area (Å²) in [5, 5.41) is 4.90. The predicted molar refractivity (Wildman–Crippen MR) is 187 cm³/mol. The van der Waals surface area contributed by atoms with Crippen LogP contribution in [0.15, 0.2) is 128 Å². The van der Waals surface area contributed by atoms with E-state index in [1.807, 2.05) is 78.2 Å². The maximum absolute atomic E-state index is 13.1. The molecule has 0 aliphatic carbocycles. The number of ketones is 1. The number of fused-ring (bicyclic) bond motifs is 7. The monoisotopic (exact) mass is 602 g/mol. The average molecular weight is 603 g/mol. The first-order chi connectivity index (χ1) is 21.8. The number of carbonyl (C=O) groups excluding carboxylic acids is 1. The highest BCUT2D eigenvalue weighted by atomic mass is 32.1. The third-order valence-electron chi connectivity index (χ3n) is 8.45. The molecule has 218 valence electrons. The molecule has 45 heavy (non-hydrogen) atoms. The van der Waals surface area contributed by atoms with Crippen LogP contribution in [0.25, 0.3) is 47.8 Å². The summed E-state index contributed by atoms with van der Waals surface area (Å²) < 4.78 is 11.2. The van der Waals surface area contributed by atoms with Crippen molar-refractivity contribution in [3.8, 4) is 17.3 Å². The molecule has 0 saturated carbocycles. The van der Waals surface area contributed by atoms with Crippen LogP contribution in [0.4, 0.5) is 0 Å². The highest BCUT2D eigenvalue weighted by Gasteiger charge is 2.21.